The number of sulfonamides is 1. The van der Waals surface area contributed by atoms with Crippen LogP contribution in [0.3, 0.4) is 0 Å². The largest absolute Gasteiger partial charge is 0.354 e. The van der Waals surface area contributed by atoms with Crippen LogP contribution in [0.5, 0.6) is 0 Å². The molecule has 8 heteroatoms. The van der Waals surface area contributed by atoms with Gasteiger partial charge in [-0.3, -0.25) is 9.10 Å². The van der Waals surface area contributed by atoms with Crippen LogP contribution in [0.25, 0.3) is 0 Å². The summed E-state index contributed by atoms with van der Waals surface area (Å²) in [5, 5.41) is 2.78. The smallest absolute Gasteiger partial charge is 0.243 e. The molecule has 6 nitrogen and oxygen atoms in total. The minimum Gasteiger partial charge on any atom is -0.354 e. The van der Waals surface area contributed by atoms with E-state index < -0.39 is 21.9 Å². The van der Waals surface area contributed by atoms with E-state index in [2.05, 4.69) is 5.32 Å². The highest BCUT2D eigenvalue weighted by atomic mass is 32.2. The fourth-order valence-electron chi connectivity index (χ4n) is 2.37. The van der Waals surface area contributed by atoms with E-state index in [4.69, 9.17) is 0 Å². The standard InChI is InChI=1S/C16H26FN3O3S/c1-5-15(16(21)18-11-6-12-19(2)3)20(24(4,22)23)14-9-7-13(17)8-10-14/h7-10,15H,5-6,11-12H2,1-4H3,(H,18,21)/t15-/m1/s1. The molecule has 0 aliphatic carbocycles. The average molecular weight is 359 g/mol. The number of benzene rings is 1. The molecule has 0 bridgehead atoms. The molecular formula is C16H26FN3O3S. The lowest BCUT2D eigenvalue weighted by Gasteiger charge is -2.30. The van der Waals surface area contributed by atoms with Gasteiger partial charge in [0.05, 0.1) is 11.9 Å². The van der Waals surface area contributed by atoms with E-state index in [0.29, 0.717) is 13.0 Å². The highest BCUT2D eigenvalue weighted by Gasteiger charge is 2.31. The van der Waals surface area contributed by atoms with Crippen LogP contribution in [0, 0.1) is 5.82 Å². The van der Waals surface area contributed by atoms with Crippen molar-refractivity contribution in [3.8, 4) is 0 Å². The molecule has 1 aromatic rings. The van der Waals surface area contributed by atoms with Gasteiger partial charge in [-0.25, -0.2) is 12.8 Å². The first kappa shape index (κ1) is 20.4. The monoisotopic (exact) mass is 359 g/mol. The predicted molar refractivity (Wildman–Crippen MR) is 94.0 cm³/mol. The highest BCUT2D eigenvalue weighted by molar-refractivity contribution is 7.92. The van der Waals surface area contributed by atoms with Crippen molar-refractivity contribution in [2.45, 2.75) is 25.8 Å². The molecule has 0 saturated carbocycles. The summed E-state index contributed by atoms with van der Waals surface area (Å²) in [5.41, 5.74) is 0.272. The topological polar surface area (TPSA) is 69.7 Å². The third-order valence-electron chi connectivity index (χ3n) is 3.49. The van der Waals surface area contributed by atoms with Gasteiger partial charge in [0.25, 0.3) is 0 Å². The van der Waals surface area contributed by atoms with Gasteiger partial charge in [0, 0.05) is 6.54 Å². The van der Waals surface area contributed by atoms with E-state index in [9.17, 15) is 17.6 Å². The Bertz CT molecular complexity index is 632. The minimum atomic E-state index is -3.69. The summed E-state index contributed by atoms with van der Waals surface area (Å²) in [6.45, 7) is 3.03. The molecule has 0 unspecified atom stereocenters. The second kappa shape index (κ2) is 8.98. The molecule has 1 rings (SSSR count). The fraction of sp³-hybridized carbons (Fsp3) is 0.562. The van der Waals surface area contributed by atoms with E-state index in [0.717, 1.165) is 23.5 Å². The number of carbonyl (C=O) groups is 1. The number of hydrogen-bond donors (Lipinski definition) is 1. The summed E-state index contributed by atoms with van der Waals surface area (Å²) < 4.78 is 38.5. The normalized spacial score (nSPS) is 12.9. The quantitative estimate of drug-likeness (QED) is 0.678. The van der Waals surface area contributed by atoms with Crippen molar-refractivity contribution in [1.82, 2.24) is 10.2 Å². The zero-order valence-electron chi connectivity index (χ0n) is 14.6. The summed E-state index contributed by atoms with van der Waals surface area (Å²) in [4.78, 5) is 14.4. The minimum absolute atomic E-state index is 0.272. The van der Waals surface area contributed by atoms with Gasteiger partial charge in [0.2, 0.25) is 15.9 Å². The second-order valence-corrected chi connectivity index (χ2v) is 7.77. The predicted octanol–water partition coefficient (Wildman–Crippen LogP) is 1.44. The number of nitrogens with one attached hydrogen (secondary N) is 1. The van der Waals surface area contributed by atoms with Crippen molar-refractivity contribution in [1.29, 1.82) is 0 Å². The van der Waals surface area contributed by atoms with Crippen LogP contribution in [0.1, 0.15) is 19.8 Å². The third-order valence-corrected chi connectivity index (χ3v) is 4.67. The molecule has 0 fully saturated rings. The van der Waals surface area contributed by atoms with Crippen LogP contribution < -0.4 is 9.62 Å². The van der Waals surface area contributed by atoms with Gasteiger partial charge in [-0.1, -0.05) is 6.92 Å². The van der Waals surface area contributed by atoms with E-state index >= 15 is 0 Å². The Kier molecular flexibility index (Phi) is 7.62. The zero-order chi connectivity index (χ0) is 18.3. The van der Waals surface area contributed by atoms with Crippen molar-refractivity contribution in [2.24, 2.45) is 0 Å². The Morgan fingerprint density at radius 3 is 2.29 bits per heavy atom. The molecular weight excluding hydrogens is 333 g/mol. The summed E-state index contributed by atoms with van der Waals surface area (Å²) >= 11 is 0. The van der Waals surface area contributed by atoms with Crippen LogP contribution in [-0.4, -0.2) is 58.7 Å². The van der Waals surface area contributed by atoms with Crippen molar-refractivity contribution in [3.05, 3.63) is 30.1 Å². The Balaban J connectivity index is 2.93. The van der Waals surface area contributed by atoms with Gasteiger partial charge in [0.15, 0.2) is 0 Å². The van der Waals surface area contributed by atoms with Crippen LogP contribution in [0.4, 0.5) is 10.1 Å². The molecule has 1 amide bonds. The number of anilines is 1. The lowest BCUT2D eigenvalue weighted by molar-refractivity contribution is -0.122. The molecule has 136 valence electrons. The van der Waals surface area contributed by atoms with Gasteiger partial charge >= 0.3 is 0 Å². The van der Waals surface area contributed by atoms with Gasteiger partial charge < -0.3 is 10.2 Å². The number of amides is 1. The first-order valence-electron chi connectivity index (χ1n) is 7.84. The van der Waals surface area contributed by atoms with Crippen molar-refractivity contribution in [3.63, 3.8) is 0 Å². The molecule has 0 radical (unpaired) electrons. The SMILES string of the molecule is CC[C@H](C(=O)NCCCN(C)C)N(c1ccc(F)cc1)S(C)(=O)=O. The molecule has 0 spiro atoms. The molecule has 0 heterocycles. The lowest BCUT2D eigenvalue weighted by Crippen LogP contribution is -2.49. The van der Waals surface area contributed by atoms with Gasteiger partial charge in [0.1, 0.15) is 11.9 Å². The molecule has 0 saturated heterocycles. The molecule has 1 atom stereocenters. The summed E-state index contributed by atoms with van der Waals surface area (Å²) in [5.74, 6) is -0.820. The number of hydrogen-bond acceptors (Lipinski definition) is 4. The Labute approximate surface area is 143 Å². The van der Waals surface area contributed by atoms with Gasteiger partial charge in [-0.05, 0) is 57.7 Å². The molecule has 0 aromatic heterocycles. The highest BCUT2D eigenvalue weighted by Crippen LogP contribution is 2.22. The summed E-state index contributed by atoms with van der Waals surface area (Å²) in [6, 6.07) is 4.20. The Morgan fingerprint density at radius 2 is 1.83 bits per heavy atom. The third kappa shape index (κ3) is 6.09. The summed E-state index contributed by atoms with van der Waals surface area (Å²) in [7, 11) is 0.193. The van der Waals surface area contributed by atoms with Crippen LogP contribution in [0.15, 0.2) is 24.3 Å². The van der Waals surface area contributed by atoms with E-state index in [1.54, 1.807) is 6.92 Å². The van der Waals surface area contributed by atoms with E-state index in [1.807, 2.05) is 19.0 Å². The Morgan fingerprint density at radius 1 is 1.25 bits per heavy atom. The van der Waals surface area contributed by atoms with Crippen molar-refractivity contribution < 1.29 is 17.6 Å². The molecule has 0 aliphatic heterocycles. The molecule has 24 heavy (non-hydrogen) atoms. The zero-order valence-corrected chi connectivity index (χ0v) is 15.4. The second-order valence-electron chi connectivity index (χ2n) is 5.91. The van der Waals surface area contributed by atoms with Crippen molar-refractivity contribution >= 4 is 21.6 Å². The van der Waals surface area contributed by atoms with E-state index in [-0.39, 0.29) is 11.6 Å². The molecule has 1 N–H and O–H groups in total. The maximum atomic E-state index is 13.1. The average Bonchev–Trinajstić information content (AvgIpc) is 2.48. The Hall–Kier alpha value is -1.67. The van der Waals surface area contributed by atoms with Crippen LogP contribution >= 0.6 is 0 Å². The van der Waals surface area contributed by atoms with Crippen molar-refractivity contribution in [2.75, 3.05) is 37.7 Å². The first-order chi connectivity index (χ1) is 11.2. The molecule has 0 aliphatic rings. The lowest BCUT2D eigenvalue weighted by atomic mass is 10.2. The first-order valence-corrected chi connectivity index (χ1v) is 9.69. The maximum Gasteiger partial charge on any atom is 0.243 e. The number of rotatable bonds is 9. The van der Waals surface area contributed by atoms with Gasteiger partial charge in [-0.2, -0.15) is 0 Å². The van der Waals surface area contributed by atoms with Crippen LogP contribution in [-0.2, 0) is 14.8 Å². The number of nitrogens with zero attached hydrogens (tertiary/aromatic N) is 2. The number of carbonyl (C=O) groups excluding carboxylic acids is 1. The van der Waals surface area contributed by atoms with Gasteiger partial charge in [-0.15, -0.1) is 0 Å². The fourth-order valence-corrected chi connectivity index (χ4v) is 3.58. The van der Waals surface area contributed by atoms with E-state index in [1.165, 1.54) is 24.3 Å². The molecule has 1 aromatic carbocycles. The van der Waals surface area contributed by atoms with Crippen LogP contribution in [0.2, 0.25) is 0 Å². The summed E-state index contributed by atoms with van der Waals surface area (Å²) in [6.07, 6.45) is 2.12. The number of halogens is 1. The maximum absolute atomic E-state index is 13.1.